The van der Waals surface area contributed by atoms with E-state index in [4.69, 9.17) is 0 Å². The van der Waals surface area contributed by atoms with Gasteiger partial charge in [-0.15, -0.1) is 0 Å². The van der Waals surface area contributed by atoms with Gasteiger partial charge in [-0.25, -0.2) is 8.42 Å². The fourth-order valence-corrected chi connectivity index (χ4v) is 4.74. The van der Waals surface area contributed by atoms with Gasteiger partial charge in [0.25, 0.3) is 0 Å². The fraction of sp³-hybridized carbons (Fsp3) is 0.750. The van der Waals surface area contributed by atoms with Gasteiger partial charge in [0.2, 0.25) is 5.91 Å². The standard InChI is InChI=1S/C16H27N3O3S/c1-11(2)9-19-13(4)15(12(3)18-19)5-6-16(20)17-14-7-8-23(21,22)10-14/h11,14H,5-10H2,1-4H3,(H,17,20)/t14-/m1/s1. The molecule has 6 nitrogen and oxygen atoms in total. The van der Waals surface area contributed by atoms with E-state index in [1.54, 1.807) is 0 Å². The van der Waals surface area contributed by atoms with Crippen LogP contribution in [0.2, 0.25) is 0 Å². The third kappa shape index (κ3) is 4.80. The van der Waals surface area contributed by atoms with Crippen LogP contribution in [0.1, 0.15) is 43.6 Å². The second kappa shape index (κ2) is 7.03. The van der Waals surface area contributed by atoms with Gasteiger partial charge in [-0.05, 0) is 38.2 Å². The molecule has 0 aromatic carbocycles. The van der Waals surface area contributed by atoms with Crippen molar-refractivity contribution in [2.45, 2.75) is 59.5 Å². The molecule has 130 valence electrons. The number of nitrogens with zero attached hydrogens (tertiary/aromatic N) is 2. The van der Waals surface area contributed by atoms with Gasteiger partial charge in [0.15, 0.2) is 9.84 Å². The maximum atomic E-state index is 12.1. The van der Waals surface area contributed by atoms with E-state index in [1.165, 1.54) is 0 Å². The Morgan fingerprint density at radius 3 is 2.65 bits per heavy atom. The molecule has 1 fully saturated rings. The molecular formula is C16H27N3O3S. The molecule has 7 heteroatoms. The molecule has 1 aliphatic rings. The number of carbonyl (C=O) groups excluding carboxylic acids is 1. The van der Waals surface area contributed by atoms with Crippen LogP contribution in [0.5, 0.6) is 0 Å². The summed E-state index contributed by atoms with van der Waals surface area (Å²) in [4.78, 5) is 12.1. The molecule has 0 spiro atoms. The monoisotopic (exact) mass is 341 g/mol. The lowest BCUT2D eigenvalue weighted by Gasteiger charge is -2.11. The van der Waals surface area contributed by atoms with E-state index in [1.807, 2.05) is 18.5 Å². The van der Waals surface area contributed by atoms with Crippen LogP contribution in [0.15, 0.2) is 0 Å². The molecule has 0 radical (unpaired) electrons. The average Bonchev–Trinajstić information content (AvgIpc) is 2.88. The van der Waals surface area contributed by atoms with E-state index in [0.717, 1.165) is 23.5 Å². The summed E-state index contributed by atoms with van der Waals surface area (Å²) in [7, 11) is -2.96. The van der Waals surface area contributed by atoms with Crippen molar-refractivity contribution in [3.8, 4) is 0 Å². The van der Waals surface area contributed by atoms with Gasteiger partial charge in [0, 0.05) is 24.7 Å². The summed E-state index contributed by atoms with van der Waals surface area (Å²) in [5, 5.41) is 7.39. The molecule has 0 unspecified atom stereocenters. The second-order valence-electron chi connectivity index (χ2n) is 6.89. The molecule has 1 aromatic heterocycles. The number of hydrogen-bond acceptors (Lipinski definition) is 4. The first kappa shape index (κ1) is 18.0. The number of rotatable bonds is 6. The number of hydrogen-bond donors (Lipinski definition) is 1. The van der Waals surface area contributed by atoms with Gasteiger partial charge < -0.3 is 5.32 Å². The highest BCUT2D eigenvalue weighted by Gasteiger charge is 2.28. The minimum absolute atomic E-state index is 0.0725. The highest BCUT2D eigenvalue weighted by Crippen LogP contribution is 2.17. The Kier molecular flexibility index (Phi) is 5.49. The van der Waals surface area contributed by atoms with Gasteiger partial charge in [-0.3, -0.25) is 9.48 Å². The minimum Gasteiger partial charge on any atom is -0.352 e. The van der Waals surface area contributed by atoms with E-state index < -0.39 is 9.84 Å². The summed E-state index contributed by atoms with van der Waals surface area (Å²) in [6.45, 7) is 9.19. The SMILES string of the molecule is Cc1nn(CC(C)C)c(C)c1CCC(=O)N[C@@H]1CCS(=O)(=O)C1. The number of nitrogens with one attached hydrogen (secondary N) is 1. The smallest absolute Gasteiger partial charge is 0.220 e. The zero-order valence-electron chi connectivity index (χ0n) is 14.4. The molecule has 0 bridgehead atoms. The van der Waals surface area contributed by atoms with Crippen molar-refractivity contribution in [2.24, 2.45) is 5.92 Å². The molecule has 0 aliphatic carbocycles. The van der Waals surface area contributed by atoms with Crippen LogP contribution in [-0.4, -0.2) is 41.7 Å². The zero-order valence-corrected chi connectivity index (χ0v) is 15.2. The number of aryl methyl sites for hydroxylation is 1. The largest absolute Gasteiger partial charge is 0.352 e. The molecule has 1 aliphatic heterocycles. The Labute approximate surface area is 138 Å². The maximum Gasteiger partial charge on any atom is 0.220 e. The zero-order chi connectivity index (χ0) is 17.2. The van der Waals surface area contributed by atoms with Crippen molar-refractivity contribution in [2.75, 3.05) is 11.5 Å². The van der Waals surface area contributed by atoms with Gasteiger partial charge in [0.05, 0.1) is 17.2 Å². The van der Waals surface area contributed by atoms with Gasteiger partial charge in [-0.2, -0.15) is 5.10 Å². The molecule has 0 saturated carbocycles. The Balaban J connectivity index is 1.90. The van der Waals surface area contributed by atoms with Crippen LogP contribution in [0.25, 0.3) is 0 Å². The van der Waals surface area contributed by atoms with Crippen LogP contribution >= 0.6 is 0 Å². The number of amides is 1. The van der Waals surface area contributed by atoms with E-state index >= 15 is 0 Å². The molecule has 1 aromatic rings. The summed E-state index contributed by atoms with van der Waals surface area (Å²) >= 11 is 0. The molecule has 23 heavy (non-hydrogen) atoms. The van der Waals surface area contributed by atoms with Crippen molar-refractivity contribution in [3.05, 3.63) is 17.0 Å². The topological polar surface area (TPSA) is 81.1 Å². The van der Waals surface area contributed by atoms with Crippen LogP contribution < -0.4 is 5.32 Å². The predicted octanol–water partition coefficient (Wildman–Crippen LogP) is 1.39. The van der Waals surface area contributed by atoms with Crippen LogP contribution in [-0.2, 0) is 27.6 Å². The highest BCUT2D eigenvalue weighted by molar-refractivity contribution is 7.91. The van der Waals surface area contributed by atoms with Gasteiger partial charge in [0.1, 0.15) is 0 Å². The Bertz CT molecular complexity index is 677. The molecule has 1 amide bonds. The summed E-state index contributed by atoms with van der Waals surface area (Å²) in [6, 6.07) is -0.224. The first-order valence-corrected chi connectivity index (χ1v) is 10.0. The Morgan fingerprint density at radius 2 is 2.09 bits per heavy atom. The van der Waals surface area contributed by atoms with Crippen molar-refractivity contribution in [3.63, 3.8) is 0 Å². The number of aromatic nitrogens is 2. The maximum absolute atomic E-state index is 12.1. The third-order valence-electron chi connectivity index (χ3n) is 4.27. The van der Waals surface area contributed by atoms with Crippen LogP contribution in [0, 0.1) is 19.8 Å². The fourth-order valence-electron chi connectivity index (χ4n) is 3.07. The molecular weight excluding hydrogens is 314 g/mol. The van der Waals surface area contributed by atoms with Crippen LogP contribution in [0.4, 0.5) is 0 Å². The Hall–Kier alpha value is -1.37. The molecule has 1 atom stereocenters. The molecule has 2 rings (SSSR count). The van der Waals surface area contributed by atoms with Crippen molar-refractivity contribution < 1.29 is 13.2 Å². The molecule has 1 N–H and O–H groups in total. The van der Waals surface area contributed by atoms with Crippen LogP contribution in [0.3, 0.4) is 0 Å². The molecule has 2 heterocycles. The summed E-state index contributed by atoms with van der Waals surface area (Å²) in [6.07, 6.45) is 1.53. The first-order valence-electron chi connectivity index (χ1n) is 8.20. The van der Waals surface area contributed by atoms with E-state index in [0.29, 0.717) is 25.2 Å². The minimum atomic E-state index is -2.96. The van der Waals surface area contributed by atoms with E-state index in [-0.39, 0.29) is 23.5 Å². The van der Waals surface area contributed by atoms with Gasteiger partial charge in [-0.1, -0.05) is 13.8 Å². The summed E-state index contributed by atoms with van der Waals surface area (Å²) < 4.78 is 24.8. The number of carbonyl (C=O) groups is 1. The average molecular weight is 341 g/mol. The first-order chi connectivity index (χ1) is 10.7. The lowest BCUT2D eigenvalue weighted by atomic mass is 10.1. The highest BCUT2D eigenvalue weighted by atomic mass is 32.2. The van der Waals surface area contributed by atoms with Gasteiger partial charge >= 0.3 is 0 Å². The van der Waals surface area contributed by atoms with E-state index in [2.05, 4.69) is 24.3 Å². The number of sulfone groups is 1. The second-order valence-corrected chi connectivity index (χ2v) is 9.12. The summed E-state index contributed by atoms with van der Waals surface area (Å²) in [5.74, 6) is 0.692. The van der Waals surface area contributed by atoms with Crippen molar-refractivity contribution >= 4 is 15.7 Å². The quantitative estimate of drug-likeness (QED) is 0.848. The summed E-state index contributed by atoms with van der Waals surface area (Å²) in [5.41, 5.74) is 3.21. The van der Waals surface area contributed by atoms with E-state index in [9.17, 15) is 13.2 Å². The van der Waals surface area contributed by atoms with Crippen molar-refractivity contribution in [1.29, 1.82) is 0 Å². The lowest BCUT2D eigenvalue weighted by molar-refractivity contribution is -0.121. The molecule has 1 saturated heterocycles. The normalized spacial score (nSPS) is 20.1. The predicted molar refractivity (Wildman–Crippen MR) is 90.1 cm³/mol. The third-order valence-corrected chi connectivity index (χ3v) is 6.04. The Morgan fingerprint density at radius 1 is 1.39 bits per heavy atom. The van der Waals surface area contributed by atoms with Crippen molar-refractivity contribution in [1.82, 2.24) is 15.1 Å². The lowest BCUT2D eigenvalue weighted by Crippen LogP contribution is -2.35.